The highest BCUT2D eigenvalue weighted by Crippen LogP contribution is 2.35. The van der Waals surface area contributed by atoms with Gasteiger partial charge in [-0.1, -0.05) is 0 Å². The first-order valence-corrected chi connectivity index (χ1v) is 4.90. The average molecular weight is 149 g/mol. The second-order valence-electron chi connectivity index (χ2n) is 2.60. The fraction of sp³-hybridized carbons (Fsp3) is 1.00. The molecule has 1 saturated carbocycles. The van der Waals surface area contributed by atoms with Gasteiger partial charge < -0.3 is 5.73 Å². The van der Waals surface area contributed by atoms with E-state index in [0.29, 0.717) is 6.54 Å². The minimum absolute atomic E-state index is 0.123. The van der Waals surface area contributed by atoms with Crippen molar-refractivity contribution in [3.8, 4) is 0 Å². The molecule has 1 aliphatic rings. The first-order chi connectivity index (χ1) is 4.05. The lowest BCUT2D eigenvalue weighted by atomic mass is 10.4. The molecular weight excluding hydrogens is 138 g/mol. The number of rotatable bonds is 2. The van der Waals surface area contributed by atoms with Crippen molar-refractivity contribution < 1.29 is 8.42 Å². The second kappa shape index (κ2) is 1.95. The number of nitrogens with two attached hydrogens (primary N) is 1. The number of sulfone groups is 1. The molecule has 0 radical (unpaired) electrons. The zero-order chi connectivity index (χ0) is 7.07. The molecule has 4 heteroatoms. The molecule has 0 saturated heterocycles. The van der Waals surface area contributed by atoms with Crippen molar-refractivity contribution in [2.45, 2.75) is 11.7 Å². The smallest absolute Gasteiger partial charge is 0.150 e. The second-order valence-corrected chi connectivity index (χ2v) is 4.86. The summed E-state index contributed by atoms with van der Waals surface area (Å²) in [5, 5.41) is -0.123. The van der Waals surface area contributed by atoms with Crippen molar-refractivity contribution in [1.82, 2.24) is 0 Å². The van der Waals surface area contributed by atoms with Crippen LogP contribution in [0.15, 0.2) is 0 Å². The van der Waals surface area contributed by atoms with E-state index >= 15 is 0 Å². The van der Waals surface area contributed by atoms with Gasteiger partial charge in [-0.15, -0.1) is 0 Å². The van der Waals surface area contributed by atoms with Gasteiger partial charge in [0.1, 0.15) is 0 Å². The van der Waals surface area contributed by atoms with Crippen LogP contribution in [0.5, 0.6) is 0 Å². The molecule has 1 fully saturated rings. The van der Waals surface area contributed by atoms with Gasteiger partial charge in [0.25, 0.3) is 0 Å². The lowest BCUT2D eigenvalue weighted by Crippen LogP contribution is -2.11. The van der Waals surface area contributed by atoms with E-state index < -0.39 is 9.84 Å². The van der Waals surface area contributed by atoms with Crippen LogP contribution in [0.4, 0.5) is 0 Å². The highest BCUT2D eigenvalue weighted by atomic mass is 32.2. The van der Waals surface area contributed by atoms with Crippen LogP contribution in [0, 0.1) is 5.92 Å². The number of hydrogen-bond acceptors (Lipinski definition) is 3. The van der Waals surface area contributed by atoms with Crippen LogP contribution in [0.2, 0.25) is 0 Å². The zero-order valence-corrected chi connectivity index (χ0v) is 6.19. The summed E-state index contributed by atoms with van der Waals surface area (Å²) in [6, 6.07) is 0. The zero-order valence-electron chi connectivity index (χ0n) is 5.37. The maximum absolute atomic E-state index is 10.7. The summed E-state index contributed by atoms with van der Waals surface area (Å²) >= 11 is 0. The Kier molecular flexibility index (Phi) is 1.52. The standard InChI is InChI=1S/C5H11NO2S/c1-9(7,8)5-2-4(5)3-6/h4-5H,2-3,6H2,1H3/t4-,5+/m1/s1. The minimum atomic E-state index is -2.77. The largest absolute Gasteiger partial charge is 0.330 e. The predicted molar refractivity (Wildman–Crippen MR) is 35.8 cm³/mol. The molecule has 1 rings (SSSR count). The molecule has 0 aromatic carbocycles. The van der Waals surface area contributed by atoms with E-state index in [1.807, 2.05) is 0 Å². The molecule has 0 amide bonds. The van der Waals surface area contributed by atoms with Gasteiger partial charge in [0.15, 0.2) is 9.84 Å². The Bertz CT molecular complexity index is 197. The van der Waals surface area contributed by atoms with E-state index in [1.165, 1.54) is 6.26 Å². The molecular formula is C5H11NO2S. The highest BCUT2D eigenvalue weighted by Gasteiger charge is 2.43. The Morgan fingerprint density at radius 3 is 2.33 bits per heavy atom. The van der Waals surface area contributed by atoms with Crippen LogP contribution in [0.1, 0.15) is 6.42 Å². The first kappa shape index (κ1) is 7.02. The summed E-state index contributed by atoms with van der Waals surface area (Å²) in [4.78, 5) is 0. The molecule has 2 atom stereocenters. The van der Waals surface area contributed by atoms with Gasteiger partial charge in [-0.05, 0) is 18.9 Å². The lowest BCUT2D eigenvalue weighted by molar-refractivity contribution is 0.598. The van der Waals surface area contributed by atoms with Crippen molar-refractivity contribution in [1.29, 1.82) is 0 Å². The maximum atomic E-state index is 10.7. The SMILES string of the molecule is CS(=O)(=O)[C@H]1C[C@@H]1CN. The molecule has 0 heterocycles. The van der Waals surface area contributed by atoms with Crippen LogP contribution in [0.25, 0.3) is 0 Å². The van der Waals surface area contributed by atoms with Crippen LogP contribution in [-0.4, -0.2) is 26.5 Å². The van der Waals surface area contributed by atoms with Gasteiger partial charge in [0.2, 0.25) is 0 Å². The Morgan fingerprint density at radius 1 is 1.67 bits per heavy atom. The van der Waals surface area contributed by atoms with Gasteiger partial charge in [-0.3, -0.25) is 0 Å². The fourth-order valence-electron chi connectivity index (χ4n) is 0.992. The van der Waals surface area contributed by atoms with Gasteiger partial charge >= 0.3 is 0 Å². The summed E-state index contributed by atoms with van der Waals surface area (Å²) in [6.45, 7) is 0.512. The monoisotopic (exact) mass is 149 g/mol. The van der Waals surface area contributed by atoms with Gasteiger partial charge in [0.05, 0.1) is 5.25 Å². The molecule has 3 nitrogen and oxygen atoms in total. The van der Waals surface area contributed by atoms with E-state index in [-0.39, 0.29) is 11.2 Å². The fourth-order valence-corrected chi connectivity index (χ4v) is 2.40. The summed E-state index contributed by atoms with van der Waals surface area (Å²) in [5.74, 6) is 0.250. The van der Waals surface area contributed by atoms with Gasteiger partial charge in [-0.2, -0.15) is 0 Å². The van der Waals surface area contributed by atoms with E-state index in [0.717, 1.165) is 6.42 Å². The van der Waals surface area contributed by atoms with E-state index in [1.54, 1.807) is 0 Å². The van der Waals surface area contributed by atoms with Crippen molar-refractivity contribution in [3.05, 3.63) is 0 Å². The molecule has 0 aromatic heterocycles. The van der Waals surface area contributed by atoms with Crippen molar-refractivity contribution >= 4 is 9.84 Å². The Morgan fingerprint density at radius 2 is 2.22 bits per heavy atom. The molecule has 0 bridgehead atoms. The normalized spacial score (nSPS) is 34.4. The summed E-state index contributed by atoms with van der Waals surface area (Å²) < 4.78 is 21.4. The third-order valence-corrected chi connectivity index (χ3v) is 3.39. The lowest BCUT2D eigenvalue weighted by Gasteiger charge is -1.90. The van der Waals surface area contributed by atoms with E-state index in [9.17, 15) is 8.42 Å². The molecule has 0 unspecified atom stereocenters. The summed E-state index contributed by atoms with van der Waals surface area (Å²) in [5.41, 5.74) is 5.26. The van der Waals surface area contributed by atoms with Crippen molar-refractivity contribution in [3.63, 3.8) is 0 Å². The summed E-state index contributed by atoms with van der Waals surface area (Å²) in [7, 11) is -2.77. The number of hydrogen-bond donors (Lipinski definition) is 1. The van der Waals surface area contributed by atoms with Crippen LogP contribution in [-0.2, 0) is 9.84 Å². The third kappa shape index (κ3) is 1.43. The maximum Gasteiger partial charge on any atom is 0.150 e. The third-order valence-electron chi connectivity index (χ3n) is 1.71. The molecule has 54 valence electrons. The van der Waals surface area contributed by atoms with Crippen LogP contribution >= 0.6 is 0 Å². The topological polar surface area (TPSA) is 60.2 Å². The predicted octanol–water partition coefficient (Wildman–Crippen LogP) is -0.622. The molecule has 9 heavy (non-hydrogen) atoms. The molecule has 0 aromatic rings. The minimum Gasteiger partial charge on any atom is -0.330 e. The van der Waals surface area contributed by atoms with Gasteiger partial charge in [-0.25, -0.2) is 8.42 Å². The Balaban J connectivity index is 2.53. The Hall–Kier alpha value is -0.0900. The molecule has 1 aliphatic carbocycles. The van der Waals surface area contributed by atoms with Crippen molar-refractivity contribution in [2.75, 3.05) is 12.8 Å². The van der Waals surface area contributed by atoms with E-state index in [2.05, 4.69) is 0 Å². The molecule has 0 spiro atoms. The first-order valence-electron chi connectivity index (χ1n) is 2.94. The molecule has 0 aliphatic heterocycles. The Labute approximate surface area is 55.2 Å². The van der Waals surface area contributed by atoms with E-state index in [4.69, 9.17) is 5.73 Å². The van der Waals surface area contributed by atoms with Crippen LogP contribution in [0.3, 0.4) is 0 Å². The van der Waals surface area contributed by atoms with Crippen molar-refractivity contribution in [2.24, 2.45) is 11.7 Å². The quantitative estimate of drug-likeness (QED) is 0.569. The van der Waals surface area contributed by atoms with Crippen LogP contribution < -0.4 is 5.73 Å². The highest BCUT2D eigenvalue weighted by molar-refractivity contribution is 7.91. The van der Waals surface area contributed by atoms with Gasteiger partial charge in [0, 0.05) is 6.26 Å². The average Bonchev–Trinajstić information content (AvgIpc) is 2.39. The molecule has 2 N–H and O–H groups in total. The summed E-state index contributed by atoms with van der Waals surface area (Å²) in [6.07, 6.45) is 2.04.